The van der Waals surface area contributed by atoms with Crippen molar-refractivity contribution in [3.8, 4) is 0 Å². The zero-order valence-electron chi connectivity index (χ0n) is 5.00. The Hall–Kier alpha value is 1.05. The van der Waals surface area contributed by atoms with Crippen molar-refractivity contribution in [2.75, 3.05) is 11.5 Å². The van der Waals surface area contributed by atoms with Gasteiger partial charge in [-0.15, -0.1) is 11.8 Å². The van der Waals surface area contributed by atoms with Crippen molar-refractivity contribution in [3.63, 3.8) is 0 Å². The molecule has 0 aliphatic heterocycles. The van der Waals surface area contributed by atoms with Gasteiger partial charge in [0, 0.05) is 4.58 Å². The highest BCUT2D eigenvalue weighted by molar-refractivity contribution is 8.10. The van der Waals surface area contributed by atoms with Crippen LogP contribution < -0.4 is 0 Å². The second-order valence-electron chi connectivity index (χ2n) is 1.55. The predicted molar refractivity (Wildman–Crippen MR) is 49.4 cm³/mol. The first-order valence-corrected chi connectivity index (χ1v) is 4.87. The Morgan fingerprint density at radius 2 is 2.25 bits per heavy atom. The summed E-state index contributed by atoms with van der Waals surface area (Å²) in [4.78, 5) is 0. The van der Waals surface area contributed by atoms with Gasteiger partial charge in [0.25, 0.3) is 0 Å². The molecule has 0 nitrogen and oxygen atoms in total. The molecule has 0 N–H and O–H groups in total. The number of hydrogen-bond donors (Lipinski definition) is 2. The standard InChI is InChI=1S/C5H12S3/c1-5(7)8-4-2-3-6/h5-7H,2-4H2,1H3. The van der Waals surface area contributed by atoms with E-state index in [1.165, 1.54) is 12.2 Å². The van der Waals surface area contributed by atoms with E-state index >= 15 is 0 Å². The molecule has 50 valence electrons. The van der Waals surface area contributed by atoms with Gasteiger partial charge in [-0.1, -0.05) is 0 Å². The van der Waals surface area contributed by atoms with Crippen molar-refractivity contribution < 1.29 is 0 Å². The Morgan fingerprint density at radius 3 is 2.62 bits per heavy atom. The molecule has 1 unspecified atom stereocenters. The summed E-state index contributed by atoms with van der Waals surface area (Å²) in [7, 11) is 0. The van der Waals surface area contributed by atoms with E-state index in [1.807, 2.05) is 11.8 Å². The van der Waals surface area contributed by atoms with Gasteiger partial charge in [0.15, 0.2) is 0 Å². The van der Waals surface area contributed by atoms with Crippen LogP contribution in [0, 0.1) is 0 Å². The summed E-state index contributed by atoms with van der Waals surface area (Å²) in [5.74, 6) is 2.18. The first-order valence-electron chi connectivity index (χ1n) is 2.68. The molecular formula is C5H12S3. The molecule has 0 amide bonds. The van der Waals surface area contributed by atoms with Crippen molar-refractivity contribution in [1.29, 1.82) is 0 Å². The summed E-state index contributed by atoms with van der Waals surface area (Å²) >= 11 is 10.2. The van der Waals surface area contributed by atoms with E-state index in [2.05, 4.69) is 32.2 Å². The van der Waals surface area contributed by atoms with E-state index in [0.29, 0.717) is 4.58 Å². The average Bonchev–Trinajstić information content (AvgIpc) is 1.66. The second-order valence-corrected chi connectivity index (χ2v) is 4.57. The van der Waals surface area contributed by atoms with Gasteiger partial charge < -0.3 is 0 Å². The van der Waals surface area contributed by atoms with Crippen molar-refractivity contribution in [2.45, 2.75) is 17.9 Å². The van der Waals surface area contributed by atoms with Crippen molar-refractivity contribution in [1.82, 2.24) is 0 Å². The van der Waals surface area contributed by atoms with Crippen molar-refractivity contribution in [2.24, 2.45) is 0 Å². The molecule has 0 aromatic rings. The third-order valence-corrected chi connectivity index (χ3v) is 2.43. The van der Waals surface area contributed by atoms with Crippen LogP contribution in [-0.2, 0) is 0 Å². The minimum Gasteiger partial charge on any atom is -0.179 e. The molecule has 0 aromatic heterocycles. The topological polar surface area (TPSA) is 0 Å². The molecule has 1 atom stereocenters. The minimum absolute atomic E-state index is 0.481. The van der Waals surface area contributed by atoms with Crippen LogP contribution >= 0.6 is 37.0 Å². The molecule has 0 rings (SSSR count). The Bertz CT molecular complexity index is 44.9. The zero-order chi connectivity index (χ0) is 6.41. The summed E-state index contributed by atoms with van der Waals surface area (Å²) in [5.41, 5.74) is 0. The fourth-order valence-corrected chi connectivity index (χ4v) is 1.66. The molecule has 8 heavy (non-hydrogen) atoms. The van der Waals surface area contributed by atoms with Gasteiger partial charge in [-0.2, -0.15) is 25.3 Å². The maximum absolute atomic E-state index is 4.21. The normalized spacial score (nSPS) is 13.9. The van der Waals surface area contributed by atoms with E-state index in [1.54, 1.807) is 0 Å². The molecule has 0 aliphatic rings. The Morgan fingerprint density at radius 1 is 1.62 bits per heavy atom. The maximum atomic E-state index is 4.21. The second kappa shape index (κ2) is 6.17. The molecule has 0 saturated carbocycles. The Balaban J connectivity index is 2.72. The molecule has 0 heterocycles. The fraction of sp³-hybridized carbons (Fsp3) is 1.00. The lowest BCUT2D eigenvalue weighted by Crippen LogP contribution is -1.86. The van der Waals surface area contributed by atoms with Crippen LogP contribution in [0.2, 0.25) is 0 Å². The molecule has 0 aromatic carbocycles. The van der Waals surface area contributed by atoms with E-state index in [4.69, 9.17) is 0 Å². The molecule has 0 radical (unpaired) electrons. The number of rotatable bonds is 4. The number of thioether (sulfide) groups is 1. The van der Waals surface area contributed by atoms with Crippen LogP contribution in [0.3, 0.4) is 0 Å². The van der Waals surface area contributed by atoms with Gasteiger partial charge in [0.1, 0.15) is 0 Å². The lowest BCUT2D eigenvalue weighted by Gasteiger charge is -2.00. The largest absolute Gasteiger partial charge is 0.179 e. The molecule has 0 saturated heterocycles. The molecule has 0 aliphatic carbocycles. The van der Waals surface area contributed by atoms with E-state index in [-0.39, 0.29) is 0 Å². The molecule has 0 bridgehead atoms. The van der Waals surface area contributed by atoms with E-state index in [0.717, 1.165) is 5.75 Å². The SMILES string of the molecule is CC(S)SCCCS. The zero-order valence-corrected chi connectivity index (χ0v) is 7.61. The molecular weight excluding hydrogens is 156 g/mol. The number of hydrogen-bond acceptors (Lipinski definition) is 3. The van der Waals surface area contributed by atoms with Crippen molar-refractivity contribution in [3.05, 3.63) is 0 Å². The molecule has 0 spiro atoms. The van der Waals surface area contributed by atoms with Gasteiger partial charge in [-0.25, -0.2) is 0 Å². The van der Waals surface area contributed by atoms with Crippen molar-refractivity contribution >= 4 is 37.0 Å². The first kappa shape index (κ1) is 9.05. The Kier molecular flexibility index (Phi) is 6.98. The summed E-state index contributed by atoms with van der Waals surface area (Å²) < 4.78 is 0.481. The van der Waals surface area contributed by atoms with Crippen LogP contribution in [0.15, 0.2) is 0 Å². The van der Waals surface area contributed by atoms with Gasteiger partial charge in [0.05, 0.1) is 0 Å². The minimum atomic E-state index is 0.481. The summed E-state index contributed by atoms with van der Waals surface area (Å²) in [6, 6.07) is 0. The fourth-order valence-electron chi connectivity index (χ4n) is 0.318. The average molecular weight is 168 g/mol. The maximum Gasteiger partial charge on any atom is 0.0444 e. The Labute approximate surface area is 66.6 Å². The van der Waals surface area contributed by atoms with Gasteiger partial charge >= 0.3 is 0 Å². The third kappa shape index (κ3) is 7.05. The van der Waals surface area contributed by atoms with Crippen LogP contribution in [-0.4, -0.2) is 16.1 Å². The molecule has 0 fully saturated rings. The lowest BCUT2D eigenvalue weighted by atomic mass is 10.6. The van der Waals surface area contributed by atoms with Gasteiger partial charge in [-0.05, 0) is 24.9 Å². The van der Waals surface area contributed by atoms with E-state index in [9.17, 15) is 0 Å². The van der Waals surface area contributed by atoms with Crippen LogP contribution in [0.25, 0.3) is 0 Å². The van der Waals surface area contributed by atoms with E-state index < -0.39 is 0 Å². The van der Waals surface area contributed by atoms with Crippen LogP contribution in [0.1, 0.15) is 13.3 Å². The summed E-state index contributed by atoms with van der Waals surface area (Å²) in [6.07, 6.45) is 1.19. The predicted octanol–water partition coefficient (Wildman–Crippen LogP) is 2.32. The first-order chi connectivity index (χ1) is 3.77. The van der Waals surface area contributed by atoms with Crippen LogP contribution in [0.5, 0.6) is 0 Å². The van der Waals surface area contributed by atoms with Crippen LogP contribution in [0.4, 0.5) is 0 Å². The summed E-state index contributed by atoms with van der Waals surface area (Å²) in [5, 5.41) is 0. The molecule has 3 heteroatoms. The van der Waals surface area contributed by atoms with Gasteiger partial charge in [0.2, 0.25) is 0 Å². The lowest BCUT2D eigenvalue weighted by molar-refractivity contribution is 1.13. The smallest absolute Gasteiger partial charge is 0.0444 e. The number of thiol groups is 2. The highest BCUT2D eigenvalue weighted by Gasteiger charge is 1.91. The summed E-state index contributed by atoms with van der Waals surface area (Å²) in [6.45, 7) is 2.09. The monoisotopic (exact) mass is 168 g/mol. The van der Waals surface area contributed by atoms with Gasteiger partial charge in [-0.3, -0.25) is 0 Å². The highest BCUT2D eigenvalue weighted by atomic mass is 32.2. The highest BCUT2D eigenvalue weighted by Crippen LogP contribution is 2.13. The quantitative estimate of drug-likeness (QED) is 0.369. The third-order valence-electron chi connectivity index (χ3n) is 0.662.